The summed E-state index contributed by atoms with van der Waals surface area (Å²) in [4.78, 5) is 61.6. The maximum absolute atomic E-state index is 12.5. The van der Waals surface area contributed by atoms with Gasteiger partial charge in [-0.3, -0.25) is 28.3 Å². The molecule has 1 aromatic heterocycles. The predicted molar refractivity (Wildman–Crippen MR) is 131 cm³/mol. The fraction of sp³-hybridized carbons (Fsp3) is 0.480. The first kappa shape index (κ1) is 27.6. The van der Waals surface area contributed by atoms with Crippen molar-refractivity contribution in [1.82, 2.24) is 9.13 Å². The topological polar surface area (TPSA) is 140 Å². The Hall–Kier alpha value is -3.69. The second-order valence-electron chi connectivity index (χ2n) is 8.15. The number of unbranched alkanes of at least 4 members (excludes halogenated alkanes) is 2. The van der Waals surface area contributed by atoms with Crippen LogP contribution in [-0.4, -0.2) is 39.9 Å². The second kappa shape index (κ2) is 13.3. The normalized spacial score (nSPS) is 10.7. The maximum Gasteiger partial charge on any atom is 0.332 e. The molecule has 0 spiro atoms. The Balaban J connectivity index is 1.90. The largest absolute Gasteiger partial charge is 0.494 e. The van der Waals surface area contributed by atoms with Crippen LogP contribution in [0, 0.1) is 0 Å². The highest BCUT2D eigenvalue weighted by atomic mass is 16.5. The van der Waals surface area contributed by atoms with Crippen LogP contribution < -0.4 is 21.7 Å². The number of carbonyl (C=O) groups excluding carboxylic acids is 3. The Bertz CT molecular complexity index is 1160. The predicted octanol–water partition coefficient (Wildman–Crippen LogP) is 2.50. The van der Waals surface area contributed by atoms with Crippen LogP contribution in [0.5, 0.6) is 5.75 Å². The van der Waals surface area contributed by atoms with Crippen molar-refractivity contribution in [2.45, 2.75) is 58.9 Å². The van der Waals surface area contributed by atoms with Crippen LogP contribution >= 0.6 is 0 Å². The molecule has 10 nitrogen and oxygen atoms in total. The molecule has 0 unspecified atom stereocenters. The van der Waals surface area contributed by atoms with Crippen LogP contribution in [0.25, 0.3) is 0 Å². The van der Waals surface area contributed by atoms with Gasteiger partial charge in [0, 0.05) is 25.6 Å². The number of rotatable bonds is 14. The van der Waals surface area contributed by atoms with Gasteiger partial charge in [-0.15, -0.1) is 0 Å². The standard InChI is InChI=1S/C25H33N3O7/c1-4-6-7-15-34-18-10-8-17(9-11-18)19(29)12-13-21(31)35-16-20(30)22-23(26)28(14-5-2)25(33)27(3)24(22)32/h8-11H,4-7,12-16,26H2,1-3H3. The van der Waals surface area contributed by atoms with E-state index >= 15 is 0 Å². The third kappa shape index (κ3) is 7.40. The van der Waals surface area contributed by atoms with Crippen molar-refractivity contribution in [2.24, 2.45) is 7.05 Å². The lowest BCUT2D eigenvalue weighted by Crippen LogP contribution is -2.43. The molecule has 2 rings (SSSR count). The fourth-order valence-electron chi connectivity index (χ4n) is 3.41. The molecule has 0 atom stereocenters. The molecule has 2 aromatic rings. The Kier molecular flexibility index (Phi) is 10.4. The first-order chi connectivity index (χ1) is 16.7. The number of esters is 1. The lowest BCUT2D eigenvalue weighted by Gasteiger charge is -2.13. The van der Waals surface area contributed by atoms with Crippen LogP contribution in [0.2, 0.25) is 0 Å². The van der Waals surface area contributed by atoms with Crippen LogP contribution in [-0.2, 0) is 23.1 Å². The minimum Gasteiger partial charge on any atom is -0.494 e. The van der Waals surface area contributed by atoms with E-state index in [0.717, 1.165) is 28.4 Å². The molecular formula is C25H33N3O7. The molecule has 1 heterocycles. The summed E-state index contributed by atoms with van der Waals surface area (Å²) in [5, 5.41) is 0. The van der Waals surface area contributed by atoms with E-state index in [1.807, 2.05) is 6.92 Å². The van der Waals surface area contributed by atoms with Gasteiger partial charge in [0.05, 0.1) is 13.0 Å². The Morgan fingerprint density at radius 3 is 2.26 bits per heavy atom. The van der Waals surface area contributed by atoms with Gasteiger partial charge in [0.25, 0.3) is 5.56 Å². The zero-order valence-corrected chi connectivity index (χ0v) is 20.5. The van der Waals surface area contributed by atoms with Crippen molar-refractivity contribution < 1.29 is 23.9 Å². The number of hydrogen-bond acceptors (Lipinski definition) is 8. The highest BCUT2D eigenvalue weighted by Gasteiger charge is 2.22. The number of nitrogen functional groups attached to an aromatic ring is 1. The molecule has 0 saturated carbocycles. The van der Waals surface area contributed by atoms with Gasteiger partial charge >= 0.3 is 11.7 Å². The number of nitrogens with two attached hydrogens (primary N) is 1. The van der Waals surface area contributed by atoms with E-state index in [2.05, 4.69) is 6.92 Å². The van der Waals surface area contributed by atoms with E-state index in [4.69, 9.17) is 15.2 Å². The number of anilines is 1. The molecule has 0 bridgehead atoms. The summed E-state index contributed by atoms with van der Waals surface area (Å²) in [6.07, 6.45) is 3.39. The van der Waals surface area contributed by atoms with Gasteiger partial charge in [0.1, 0.15) is 17.1 Å². The Morgan fingerprint density at radius 2 is 1.63 bits per heavy atom. The summed E-state index contributed by atoms with van der Waals surface area (Å²) in [6.45, 7) is 4.05. The lowest BCUT2D eigenvalue weighted by molar-refractivity contribution is -0.142. The summed E-state index contributed by atoms with van der Waals surface area (Å²) in [5.74, 6) is -1.42. The second-order valence-corrected chi connectivity index (χ2v) is 8.15. The number of Topliss-reactive ketones (excluding diaryl/α,β-unsaturated/α-hetero) is 2. The number of benzene rings is 1. The molecule has 10 heteroatoms. The number of nitrogens with zero attached hydrogens (tertiary/aromatic N) is 2. The van der Waals surface area contributed by atoms with Crippen molar-refractivity contribution in [1.29, 1.82) is 0 Å². The highest BCUT2D eigenvalue weighted by Crippen LogP contribution is 2.15. The first-order valence-corrected chi connectivity index (χ1v) is 11.7. The van der Waals surface area contributed by atoms with Crippen LogP contribution in [0.15, 0.2) is 33.9 Å². The number of ketones is 2. The molecule has 0 radical (unpaired) electrons. The number of carbonyl (C=O) groups is 3. The quantitative estimate of drug-likeness (QED) is 0.244. The minimum absolute atomic E-state index is 0.102. The van der Waals surface area contributed by atoms with E-state index in [1.165, 1.54) is 7.05 Å². The molecule has 35 heavy (non-hydrogen) atoms. The van der Waals surface area contributed by atoms with E-state index < -0.39 is 35.2 Å². The highest BCUT2D eigenvalue weighted by molar-refractivity contribution is 6.01. The van der Waals surface area contributed by atoms with Crippen molar-refractivity contribution in [3.05, 3.63) is 56.2 Å². The van der Waals surface area contributed by atoms with E-state index in [-0.39, 0.29) is 31.0 Å². The van der Waals surface area contributed by atoms with Crippen molar-refractivity contribution in [2.75, 3.05) is 18.9 Å². The SMILES string of the molecule is CCCCCOc1ccc(C(=O)CCC(=O)OCC(=O)c2c(N)n(CCC)c(=O)n(C)c2=O)cc1. The molecule has 0 aliphatic heterocycles. The zero-order chi connectivity index (χ0) is 26.0. The molecular weight excluding hydrogens is 454 g/mol. The van der Waals surface area contributed by atoms with Crippen molar-refractivity contribution in [3.63, 3.8) is 0 Å². The van der Waals surface area contributed by atoms with E-state index in [1.54, 1.807) is 24.3 Å². The molecule has 0 aliphatic rings. The van der Waals surface area contributed by atoms with E-state index in [0.29, 0.717) is 24.3 Å². The third-order valence-corrected chi connectivity index (χ3v) is 5.42. The van der Waals surface area contributed by atoms with Gasteiger partial charge in [-0.05, 0) is 37.1 Å². The number of ether oxygens (including phenoxy) is 2. The average molecular weight is 488 g/mol. The summed E-state index contributed by atoms with van der Waals surface area (Å²) < 4.78 is 12.5. The maximum atomic E-state index is 12.5. The zero-order valence-electron chi connectivity index (χ0n) is 20.5. The monoisotopic (exact) mass is 487 g/mol. The minimum atomic E-state index is -0.853. The fourth-order valence-corrected chi connectivity index (χ4v) is 3.41. The van der Waals surface area contributed by atoms with Crippen molar-refractivity contribution in [3.8, 4) is 5.75 Å². The average Bonchev–Trinajstić information content (AvgIpc) is 2.85. The Labute approximate surface area is 203 Å². The van der Waals surface area contributed by atoms with Crippen molar-refractivity contribution >= 4 is 23.4 Å². The summed E-state index contributed by atoms with van der Waals surface area (Å²) in [6, 6.07) is 6.68. The smallest absolute Gasteiger partial charge is 0.332 e. The van der Waals surface area contributed by atoms with Crippen LogP contribution in [0.3, 0.4) is 0 Å². The Morgan fingerprint density at radius 1 is 0.943 bits per heavy atom. The molecule has 0 aliphatic carbocycles. The van der Waals surface area contributed by atoms with E-state index in [9.17, 15) is 24.0 Å². The summed E-state index contributed by atoms with van der Waals surface area (Å²) in [7, 11) is 1.25. The van der Waals surface area contributed by atoms with Gasteiger partial charge in [-0.1, -0.05) is 26.7 Å². The van der Waals surface area contributed by atoms with Gasteiger partial charge in [0.15, 0.2) is 12.4 Å². The van der Waals surface area contributed by atoms with Gasteiger partial charge in [-0.25, -0.2) is 4.79 Å². The summed E-state index contributed by atoms with van der Waals surface area (Å²) in [5.41, 5.74) is 4.45. The first-order valence-electron chi connectivity index (χ1n) is 11.7. The molecule has 2 N–H and O–H groups in total. The summed E-state index contributed by atoms with van der Waals surface area (Å²) >= 11 is 0. The number of aromatic nitrogens is 2. The lowest BCUT2D eigenvalue weighted by atomic mass is 10.1. The number of hydrogen-bond donors (Lipinski definition) is 1. The van der Waals surface area contributed by atoms with Gasteiger partial charge in [0.2, 0.25) is 5.78 Å². The molecule has 0 fully saturated rings. The van der Waals surface area contributed by atoms with Crippen LogP contribution in [0.4, 0.5) is 5.82 Å². The molecule has 0 saturated heterocycles. The van der Waals surface area contributed by atoms with Crippen LogP contribution in [0.1, 0.15) is 73.1 Å². The van der Waals surface area contributed by atoms with Gasteiger partial charge in [-0.2, -0.15) is 0 Å². The molecule has 190 valence electrons. The molecule has 1 aromatic carbocycles. The van der Waals surface area contributed by atoms with Gasteiger partial charge < -0.3 is 15.2 Å². The molecule has 0 amide bonds. The third-order valence-electron chi connectivity index (χ3n) is 5.42.